The molecular formula is C11H23N3O3S. The molecule has 0 amide bonds. The van der Waals surface area contributed by atoms with Gasteiger partial charge in [-0.1, -0.05) is 0 Å². The number of ether oxygens (including phenoxy) is 1. The van der Waals surface area contributed by atoms with Gasteiger partial charge in [-0.05, 0) is 38.8 Å². The van der Waals surface area contributed by atoms with E-state index >= 15 is 0 Å². The Balaban J connectivity index is 1.83. The molecule has 0 aromatic rings. The molecule has 1 unspecified atom stereocenters. The molecule has 6 nitrogen and oxygen atoms in total. The largest absolute Gasteiger partial charge is 0.380 e. The molecule has 106 valence electrons. The van der Waals surface area contributed by atoms with Gasteiger partial charge in [-0.3, -0.25) is 0 Å². The summed E-state index contributed by atoms with van der Waals surface area (Å²) in [6, 6.07) is -0.0509. The maximum Gasteiger partial charge on any atom is 0.279 e. The Morgan fingerprint density at radius 1 is 1.28 bits per heavy atom. The Hall–Kier alpha value is -0.210. The van der Waals surface area contributed by atoms with Crippen LogP contribution in [0, 0.1) is 5.92 Å². The smallest absolute Gasteiger partial charge is 0.279 e. The molecule has 0 saturated carbocycles. The lowest BCUT2D eigenvalue weighted by Gasteiger charge is -2.31. The van der Waals surface area contributed by atoms with Crippen molar-refractivity contribution < 1.29 is 13.2 Å². The molecule has 0 bridgehead atoms. The second-order valence-electron chi connectivity index (χ2n) is 5.08. The monoisotopic (exact) mass is 277 g/mol. The van der Waals surface area contributed by atoms with E-state index in [0.717, 1.165) is 25.8 Å². The predicted molar refractivity (Wildman–Crippen MR) is 69.5 cm³/mol. The third-order valence-electron chi connectivity index (χ3n) is 3.65. The zero-order valence-corrected chi connectivity index (χ0v) is 11.7. The quantitative estimate of drug-likeness (QED) is 0.713. The summed E-state index contributed by atoms with van der Waals surface area (Å²) in [5.41, 5.74) is 0. The van der Waals surface area contributed by atoms with Crippen molar-refractivity contribution in [2.45, 2.75) is 25.3 Å². The molecule has 2 N–H and O–H groups in total. The maximum atomic E-state index is 12.1. The molecule has 2 aliphatic rings. The van der Waals surface area contributed by atoms with Gasteiger partial charge >= 0.3 is 0 Å². The van der Waals surface area contributed by atoms with Crippen LogP contribution < -0.4 is 10.0 Å². The highest BCUT2D eigenvalue weighted by atomic mass is 32.2. The van der Waals surface area contributed by atoms with E-state index in [1.807, 2.05) is 7.05 Å². The van der Waals surface area contributed by atoms with Crippen molar-refractivity contribution in [3.05, 3.63) is 0 Å². The molecular weight excluding hydrogens is 254 g/mol. The Labute approximate surface area is 109 Å². The zero-order valence-electron chi connectivity index (χ0n) is 10.9. The van der Waals surface area contributed by atoms with Crippen molar-refractivity contribution in [1.29, 1.82) is 0 Å². The van der Waals surface area contributed by atoms with E-state index in [1.165, 1.54) is 0 Å². The van der Waals surface area contributed by atoms with Crippen molar-refractivity contribution in [2.75, 3.05) is 39.9 Å². The molecule has 2 rings (SSSR count). The van der Waals surface area contributed by atoms with Gasteiger partial charge in [-0.25, -0.2) is 0 Å². The van der Waals surface area contributed by atoms with Gasteiger partial charge in [0.1, 0.15) is 0 Å². The Morgan fingerprint density at radius 2 is 2.00 bits per heavy atom. The van der Waals surface area contributed by atoms with Crippen LogP contribution in [0.2, 0.25) is 0 Å². The van der Waals surface area contributed by atoms with Crippen LogP contribution in [0.1, 0.15) is 19.3 Å². The van der Waals surface area contributed by atoms with Crippen LogP contribution in [0.25, 0.3) is 0 Å². The summed E-state index contributed by atoms with van der Waals surface area (Å²) in [5, 5.41) is 3.15. The number of nitrogens with zero attached hydrogens (tertiary/aromatic N) is 1. The van der Waals surface area contributed by atoms with Crippen LogP contribution in [-0.2, 0) is 14.9 Å². The highest BCUT2D eigenvalue weighted by Crippen LogP contribution is 2.19. The fourth-order valence-electron chi connectivity index (χ4n) is 2.56. The summed E-state index contributed by atoms with van der Waals surface area (Å²) < 4.78 is 33.8. The van der Waals surface area contributed by atoms with E-state index in [0.29, 0.717) is 32.2 Å². The van der Waals surface area contributed by atoms with E-state index < -0.39 is 10.2 Å². The van der Waals surface area contributed by atoms with Crippen LogP contribution in [-0.4, -0.2) is 58.7 Å². The number of hydrogen-bond acceptors (Lipinski definition) is 4. The molecule has 0 spiro atoms. The second kappa shape index (κ2) is 6.29. The number of piperidine rings is 1. The highest BCUT2D eigenvalue weighted by Gasteiger charge is 2.30. The summed E-state index contributed by atoms with van der Waals surface area (Å²) in [5.74, 6) is 0.594. The molecule has 1 atom stereocenters. The van der Waals surface area contributed by atoms with Crippen molar-refractivity contribution >= 4 is 10.2 Å². The summed E-state index contributed by atoms with van der Waals surface area (Å²) in [6.45, 7) is 3.36. The van der Waals surface area contributed by atoms with Gasteiger partial charge < -0.3 is 10.1 Å². The van der Waals surface area contributed by atoms with Crippen LogP contribution in [0.3, 0.4) is 0 Å². The van der Waals surface area contributed by atoms with E-state index in [4.69, 9.17) is 4.74 Å². The van der Waals surface area contributed by atoms with Gasteiger partial charge in [0.2, 0.25) is 0 Å². The lowest BCUT2D eigenvalue weighted by molar-refractivity contribution is 0.192. The Kier molecular flexibility index (Phi) is 4.97. The minimum absolute atomic E-state index is 0.0509. The molecule has 0 aromatic heterocycles. The fraction of sp³-hybridized carbons (Fsp3) is 1.00. The first-order valence-electron chi connectivity index (χ1n) is 6.61. The van der Waals surface area contributed by atoms with Crippen molar-refractivity contribution in [3.8, 4) is 0 Å². The van der Waals surface area contributed by atoms with Gasteiger partial charge in [0.15, 0.2) is 0 Å². The molecule has 2 saturated heterocycles. The molecule has 0 aromatic carbocycles. The average molecular weight is 277 g/mol. The van der Waals surface area contributed by atoms with Gasteiger partial charge in [0.25, 0.3) is 10.2 Å². The summed E-state index contributed by atoms with van der Waals surface area (Å²) in [7, 11) is -1.39. The number of rotatable bonds is 5. The van der Waals surface area contributed by atoms with Gasteiger partial charge in [0.05, 0.1) is 6.61 Å². The van der Waals surface area contributed by atoms with Gasteiger partial charge in [-0.15, -0.1) is 0 Å². The maximum absolute atomic E-state index is 12.1. The number of nitrogens with one attached hydrogen (secondary N) is 2. The molecule has 2 aliphatic heterocycles. The Bertz CT molecular complexity index is 347. The molecule has 2 heterocycles. The minimum atomic E-state index is -3.32. The fourth-order valence-corrected chi connectivity index (χ4v) is 4.00. The van der Waals surface area contributed by atoms with Gasteiger partial charge in [-0.2, -0.15) is 17.4 Å². The van der Waals surface area contributed by atoms with Crippen molar-refractivity contribution in [3.63, 3.8) is 0 Å². The SMILES string of the molecule is CNCC1CCN(S(=O)(=O)NC2CCOC2)CC1. The standard InChI is InChI=1S/C11H23N3O3S/c1-12-8-10-2-5-14(6-3-10)18(15,16)13-11-4-7-17-9-11/h10-13H,2-9H2,1H3. The lowest BCUT2D eigenvalue weighted by Crippen LogP contribution is -2.49. The average Bonchev–Trinajstić information content (AvgIpc) is 2.82. The normalized spacial score (nSPS) is 27.7. The van der Waals surface area contributed by atoms with Crippen LogP contribution >= 0.6 is 0 Å². The minimum Gasteiger partial charge on any atom is -0.380 e. The van der Waals surface area contributed by atoms with E-state index in [1.54, 1.807) is 4.31 Å². The molecule has 18 heavy (non-hydrogen) atoms. The molecule has 0 radical (unpaired) electrons. The first-order chi connectivity index (χ1) is 8.62. The summed E-state index contributed by atoms with van der Waals surface area (Å²) in [6.07, 6.45) is 2.64. The summed E-state index contributed by atoms with van der Waals surface area (Å²) >= 11 is 0. The van der Waals surface area contributed by atoms with Crippen LogP contribution in [0.5, 0.6) is 0 Å². The van der Waals surface area contributed by atoms with Crippen molar-refractivity contribution in [2.24, 2.45) is 5.92 Å². The summed E-state index contributed by atoms with van der Waals surface area (Å²) in [4.78, 5) is 0. The third kappa shape index (κ3) is 3.64. The first-order valence-corrected chi connectivity index (χ1v) is 8.05. The first kappa shape index (κ1) is 14.2. The van der Waals surface area contributed by atoms with Crippen molar-refractivity contribution in [1.82, 2.24) is 14.3 Å². The highest BCUT2D eigenvalue weighted by molar-refractivity contribution is 7.87. The van der Waals surface area contributed by atoms with E-state index in [-0.39, 0.29) is 6.04 Å². The molecule has 7 heteroatoms. The van der Waals surface area contributed by atoms with E-state index in [9.17, 15) is 8.42 Å². The van der Waals surface area contributed by atoms with Crippen LogP contribution in [0.4, 0.5) is 0 Å². The molecule has 2 fully saturated rings. The predicted octanol–water partition coefficient (Wildman–Crippen LogP) is -0.459. The third-order valence-corrected chi connectivity index (χ3v) is 5.33. The Morgan fingerprint density at radius 3 is 2.56 bits per heavy atom. The van der Waals surface area contributed by atoms with Gasteiger partial charge in [0, 0.05) is 25.7 Å². The molecule has 0 aliphatic carbocycles. The second-order valence-corrected chi connectivity index (χ2v) is 6.79. The number of hydrogen-bond donors (Lipinski definition) is 2. The zero-order chi connectivity index (χ0) is 13.0. The van der Waals surface area contributed by atoms with Crippen LogP contribution in [0.15, 0.2) is 0 Å². The topological polar surface area (TPSA) is 70.7 Å². The lowest BCUT2D eigenvalue weighted by atomic mass is 9.98. The van der Waals surface area contributed by atoms with E-state index in [2.05, 4.69) is 10.0 Å².